The summed E-state index contributed by atoms with van der Waals surface area (Å²) in [6.45, 7) is 5.91. The highest BCUT2D eigenvalue weighted by Crippen LogP contribution is 2.16. The molecule has 0 aliphatic heterocycles. The fourth-order valence-corrected chi connectivity index (χ4v) is 1.82. The average Bonchev–Trinajstić information content (AvgIpc) is 2.30. The molecule has 0 aromatic heterocycles. The van der Waals surface area contributed by atoms with E-state index in [0.717, 1.165) is 17.8 Å². The number of anilines is 2. The van der Waals surface area contributed by atoms with E-state index in [4.69, 9.17) is 0 Å². The maximum Gasteiger partial charge on any atom is 0.221 e. The second-order valence-electron chi connectivity index (χ2n) is 4.30. The number of carbonyl (C=O) groups is 1. The van der Waals surface area contributed by atoms with Crippen LogP contribution in [0.5, 0.6) is 0 Å². The van der Waals surface area contributed by atoms with Crippen LogP contribution in [0.25, 0.3) is 0 Å². The van der Waals surface area contributed by atoms with Crippen molar-refractivity contribution in [2.45, 2.75) is 46.1 Å². The number of benzene rings is 1. The van der Waals surface area contributed by atoms with Crippen molar-refractivity contribution in [1.82, 2.24) is 0 Å². The Bertz CT molecular complexity index is 346. The monoisotopic (exact) mass is 234 g/mol. The topological polar surface area (TPSA) is 41.1 Å². The van der Waals surface area contributed by atoms with Gasteiger partial charge in [-0.15, -0.1) is 0 Å². The molecule has 0 bridgehead atoms. The van der Waals surface area contributed by atoms with E-state index >= 15 is 0 Å². The van der Waals surface area contributed by atoms with E-state index in [2.05, 4.69) is 24.5 Å². The highest BCUT2D eigenvalue weighted by atomic mass is 16.1. The molecule has 0 fully saturated rings. The van der Waals surface area contributed by atoms with Crippen molar-refractivity contribution in [3.63, 3.8) is 0 Å². The summed E-state index contributed by atoms with van der Waals surface area (Å²) < 4.78 is 0. The first kappa shape index (κ1) is 13.6. The van der Waals surface area contributed by atoms with Gasteiger partial charge in [-0.3, -0.25) is 4.79 Å². The minimum atomic E-state index is -0.0388. The Kier molecular flexibility index (Phi) is 5.53. The molecule has 0 aliphatic rings. The van der Waals surface area contributed by atoms with Gasteiger partial charge in [-0.1, -0.05) is 20.3 Å². The van der Waals surface area contributed by atoms with Crippen LogP contribution in [0.2, 0.25) is 0 Å². The van der Waals surface area contributed by atoms with Crippen LogP contribution in [-0.4, -0.2) is 11.9 Å². The molecule has 1 unspecified atom stereocenters. The van der Waals surface area contributed by atoms with Gasteiger partial charge in [0.1, 0.15) is 0 Å². The zero-order valence-corrected chi connectivity index (χ0v) is 10.9. The standard InChI is InChI=1S/C14H22N2O/c1-4-6-12(5-2)16-14-9-7-13(8-10-14)15-11(3)17/h7-10,12,16H,4-6H2,1-3H3,(H,15,17). The van der Waals surface area contributed by atoms with Gasteiger partial charge in [0, 0.05) is 24.3 Å². The Balaban J connectivity index is 2.57. The number of nitrogens with one attached hydrogen (secondary N) is 2. The highest BCUT2D eigenvalue weighted by Gasteiger charge is 2.04. The normalized spacial score (nSPS) is 11.9. The van der Waals surface area contributed by atoms with Crippen molar-refractivity contribution >= 4 is 17.3 Å². The molecule has 0 spiro atoms. The second kappa shape index (κ2) is 6.94. The van der Waals surface area contributed by atoms with Crippen molar-refractivity contribution in [2.75, 3.05) is 10.6 Å². The molecule has 3 heteroatoms. The van der Waals surface area contributed by atoms with Gasteiger partial charge in [-0.2, -0.15) is 0 Å². The third-order valence-corrected chi connectivity index (χ3v) is 2.71. The van der Waals surface area contributed by atoms with E-state index in [1.54, 1.807) is 0 Å². The molecule has 17 heavy (non-hydrogen) atoms. The first-order chi connectivity index (χ1) is 8.15. The maximum atomic E-state index is 10.9. The quantitative estimate of drug-likeness (QED) is 0.789. The summed E-state index contributed by atoms with van der Waals surface area (Å²) in [7, 11) is 0. The smallest absolute Gasteiger partial charge is 0.221 e. The summed E-state index contributed by atoms with van der Waals surface area (Å²) in [6.07, 6.45) is 3.50. The lowest BCUT2D eigenvalue weighted by atomic mass is 10.1. The molecule has 2 N–H and O–H groups in total. The van der Waals surface area contributed by atoms with Gasteiger partial charge in [0.2, 0.25) is 5.91 Å². The van der Waals surface area contributed by atoms with Gasteiger partial charge in [0.05, 0.1) is 0 Å². The van der Waals surface area contributed by atoms with Crippen LogP contribution in [0.15, 0.2) is 24.3 Å². The molecule has 0 aliphatic carbocycles. The summed E-state index contributed by atoms with van der Waals surface area (Å²) >= 11 is 0. The lowest BCUT2D eigenvalue weighted by Gasteiger charge is -2.17. The van der Waals surface area contributed by atoms with E-state index in [1.807, 2.05) is 24.3 Å². The number of carbonyl (C=O) groups excluding carboxylic acids is 1. The molecule has 0 radical (unpaired) electrons. The average molecular weight is 234 g/mol. The maximum absolute atomic E-state index is 10.9. The molecule has 0 saturated carbocycles. The third kappa shape index (κ3) is 4.89. The van der Waals surface area contributed by atoms with E-state index in [0.29, 0.717) is 6.04 Å². The van der Waals surface area contributed by atoms with Crippen molar-refractivity contribution in [3.05, 3.63) is 24.3 Å². The summed E-state index contributed by atoms with van der Waals surface area (Å²) in [6, 6.07) is 8.38. The van der Waals surface area contributed by atoms with Crippen molar-refractivity contribution in [3.8, 4) is 0 Å². The molecule has 0 heterocycles. The zero-order chi connectivity index (χ0) is 12.7. The number of hydrogen-bond acceptors (Lipinski definition) is 2. The van der Waals surface area contributed by atoms with Gasteiger partial charge in [-0.25, -0.2) is 0 Å². The van der Waals surface area contributed by atoms with E-state index in [1.165, 1.54) is 19.8 Å². The summed E-state index contributed by atoms with van der Waals surface area (Å²) in [4.78, 5) is 10.9. The largest absolute Gasteiger partial charge is 0.382 e. The molecule has 1 amide bonds. The molecule has 94 valence electrons. The third-order valence-electron chi connectivity index (χ3n) is 2.71. The SMILES string of the molecule is CCCC(CC)Nc1ccc(NC(C)=O)cc1. The van der Waals surface area contributed by atoms with Crippen LogP contribution >= 0.6 is 0 Å². The first-order valence-corrected chi connectivity index (χ1v) is 6.29. The predicted molar refractivity (Wildman–Crippen MR) is 73.4 cm³/mol. The minimum Gasteiger partial charge on any atom is -0.382 e. The van der Waals surface area contributed by atoms with Crippen LogP contribution < -0.4 is 10.6 Å². The fourth-order valence-electron chi connectivity index (χ4n) is 1.82. The van der Waals surface area contributed by atoms with Gasteiger partial charge >= 0.3 is 0 Å². The molecular formula is C14H22N2O. The molecule has 1 aromatic rings. The summed E-state index contributed by atoms with van der Waals surface area (Å²) in [5.41, 5.74) is 1.95. The Hall–Kier alpha value is -1.51. The molecule has 1 aromatic carbocycles. The predicted octanol–water partition coefficient (Wildman–Crippen LogP) is 3.64. The van der Waals surface area contributed by atoms with Crippen LogP contribution in [0.1, 0.15) is 40.0 Å². The molecular weight excluding hydrogens is 212 g/mol. The molecule has 3 nitrogen and oxygen atoms in total. The Morgan fingerprint density at radius 3 is 2.24 bits per heavy atom. The van der Waals surface area contributed by atoms with E-state index in [9.17, 15) is 4.79 Å². The zero-order valence-electron chi connectivity index (χ0n) is 10.9. The van der Waals surface area contributed by atoms with E-state index < -0.39 is 0 Å². The Labute approximate surface area is 104 Å². The Morgan fingerprint density at radius 1 is 1.18 bits per heavy atom. The lowest BCUT2D eigenvalue weighted by molar-refractivity contribution is -0.114. The van der Waals surface area contributed by atoms with Crippen LogP contribution in [0.3, 0.4) is 0 Å². The van der Waals surface area contributed by atoms with Crippen LogP contribution in [0, 0.1) is 0 Å². The van der Waals surface area contributed by atoms with Gasteiger partial charge in [0.15, 0.2) is 0 Å². The summed E-state index contributed by atoms with van der Waals surface area (Å²) in [5.74, 6) is -0.0388. The lowest BCUT2D eigenvalue weighted by Crippen LogP contribution is -2.17. The van der Waals surface area contributed by atoms with Crippen LogP contribution in [-0.2, 0) is 4.79 Å². The number of amides is 1. The van der Waals surface area contributed by atoms with Crippen molar-refractivity contribution in [2.24, 2.45) is 0 Å². The minimum absolute atomic E-state index is 0.0388. The van der Waals surface area contributed by atoms with Crippen molar-refractivity contribution in [1.29, 1.82) is 0 Å². The highest BCUT2D eigenvalue weighted by molar-refractivity contribution is 5.88. The fraction of sp³-hybridized carbons (Fsp3) is 0.500. The second-order valence-corrected chi connectivity index (χ2v) is 4.30. The van der Waals surface area contributed by atoms with Gasteiger partial charge in [-0.05, 0) is 37.1 Å². The first-order valence-electron chi connectivity index (χ1n) is 6.29. The molecule has 0 saturated heterocycles. The van der Waals surface area contributed by atoms with Crippen LogP contribution in [0.4, 0.5) is 11.4 Å². The number of rotatable bonds is 6. The van der Waals surface area contributed by atoms with Gasteiger partial charge < -0.3 is 10.6 Å². The number of hydrogen-bond donors (Lipinski definition) is 2. The van der Waals surface area contributed by atoms with Crippen molar-refractivity contribution < 1.29 is 4.79 Å². The molecule has 1 atom stereocenters. The van der Waals surface area contributed by atoms with Gasteiger partial charge in [0.25, 0.3) is 0 Å². The summed E-state index contributed by atoms with van der Waals surface area (Å²) in [5, 5.41) is 6.26. The molecule has 1 rings (SSSR count). The van der Waals surface area contributed by atoms with E-state index in [-0.39, 0.29) is 5.91 Å². The Morgan fingerprint density at radius 2 is 1.76 bits per heavy atom.